The van der Waals surface area contributed by atoms with Gasteiger partial charge < -0.3 is 14.7 Å². The molecule has 2 bridgehead atoms. The van der Waals surface area contributed by atoms with Crippen LogP contribution in [0.15, 0.2) is 85.4 Å². The van der Waals surface area contributed by atoms with Crippen molar-refractivity contribution in [3.8, 4) is 11.1 Å². The molecular weight excluding hydrogens is 422 g/mol. The Labute approximate surface area is 200 Å². The summed E-state index contributed by atoms with van der Waals surface area (Å²) < 4.78 is 5.96. The van der Waals surface area contributed by atoms with Gasteiger partial charge in [0.2, 0.25) is 0 Å². The Morgan fingerprint density at radius 2 is 1.41 bits per heavy atom. The lowest BCUT2D eigenvalue weighted by molar-refractivity contribution is -0.0108. The summed E-state index contributed by atoms with van der Waals surface area (Å²) in [7, 11) is 0. The van der Waals surface area contributed by atoms with E-state index in [0.717, 1.165) is 24.0 Å². The summed E-state index contributed by atoms with van der Waals surface area (Å²) in [4.78, 5) is 15.2. The average molecular weight is 452 g/mol. The summed E-state index contributed by atoms with van der Waals surface area (Å²) in [6.07, 6.45) is 2.52. The van der Waals surface area contributed by atoms with Gasteiger partial charge in [-0.2, -0.15) is 0 Å². The Bertz CT molecular complexity index is 1190. The number of hydrogen-bond acceptors (Lipinski definition) is 3. The molecule has 1 N–H and O–H groups in total. The minimum absolute atomic E-state index is 0.0279. The lowest BCUT2D eigenvalue weighted by atomic mass is 9.78. The zero-order valence-corrected chi connectivity index (χ0v) is 19.2. The van der Waals surface area contributed by atoms with Crippen LogP contribution in [0.2, 0.25) is 0 Å². The number of benzene rings is 3. The Hall–Kier alpha value is -3.37. The lowest BCUT2D eigenvalue weighted by Gasteiger charge is -2.44. The number of rotatable bonds is 4. The SMILES string of the molecule is C=C(c1ccccc1)C1(O)CC2CCC(C1)N2C(=O)OCC1c2ccccc2-c2ccccc21. The molecule has 4 heteroatoms. The van der Waals surface area contributed by atoms with Gasteiger partial charge in [-0.05, 0) is 46.2 Å². The molecule has 6 rings (SSSR count). The van der Waals surface area contributed by atoms with E-state index in [1.807, 2.05) is 47.4 Å². The van der Waals surface area contributed by atoms with E-state index in [1.165, 1.54) is 22.3 Å². The summed E-state index contributed by atoms with van der Waals surface area (Å²) in [5.41, 5.74) is 5.59. The van der Waals surface area contributed by atoms with Crippen LogP contribution < -0.4 is 0 Å². The predicted octanol–water partition coefficient (Wildman–Crippen LogP) is 6.01. The molecule has 2 saturated heterocycles. The fourth-order valence-corrected chi connectivity index (χ4v) is 6.35. The highest BCUT2D eigenvalue weighted by molar-refractivity contribution is 5.79. The minimum atomic E-state index is -0.993. The molecule has 2 heterocycles. The fraction of sp³-hybridized carbons (Fsp3) is 0.300. The number of amides is 1. The number of nitrogens with zero attached hydrogens (tertiary/aromatic N) is 1. The molecular formula is C30H29NO3. The first kappa shape index (κ1) is 21.2. The largest absolute Gasteiger partial charge is 0.448 e. The molecule has 2 atom stereocenters. The topological polar surface area (TPSA) is 49.8 Å². The number of ether oxygens (including phenoxy) is 1. The average Bonchev–Trinajstić information content (AvgIpc) is 3.34. The van der Waals surface area contributed by atoms with Crippen LogP contribution in [0.4, 0.5) is 4.79 Å². The van der Waals surface area contributed by atoms with Crippen molar-refractivity contribution >= 4 is 11.7 Å². The second kappa shape index (κ2) is 8.14. The number of piperidine rings is 1. The van der Waals surface area contributed by atoms with Crippen LogP contribution in [0.1, 0.15) is 48.3 Å². The molecule has 0 spiro atoms. The number of aliphatic hydroxyl groups is 1. The highest BCUT2D eigenvalue weighted by Gasteiger charge is 2.51. The van der Waals surface area contributed by atoms with Crippen molar-refractivity contribution in [2.24, 2.45) is 0 Å². The van der Waals surface area contributed by atoms with E-state index in [1.54, 1.807) is 0 Å². The van der Waals surface area contributed by atoms with E-state index in [4.69, 9.17) is 4.74 Å². The summed E-state index contributed by atoms with van der Waals surface area (Å²) >= 11 is 0. The van der Waals surface area contributed by atoms with Crippen LogP contribution in [-0.2, 0) is 4.74 Å². The molecule has 2 fully saturated rings. The maximum Gasteiger partial charge on any atom is 0.410 e. The third-order valence-electron chi connectivity index (χ3n) is 8.00. The zero-order valence-electron chi connectivity index (χ0n) is 19.2. The van der Waals surface area contributed by atoms with Gasteiger partial charge in [0.05, 0.1) is 5.60 Å². The van der Waals surface area contributed by atoms with Crippen LogP contribution in [-0.4, -0.2) is 40.4 Å². The monoisotopic (exact) mass is 451 g/mol. The van der Waals surface area contributed by atoms with Crippen molar-refractivity contribution < 1.29 is 14.6 Å². The molecule has 172 valence electrons. The van der Waals surface area contributed by atoms with Gasteiger partial charge in [0.25, 0.3) is 0 Å². The molecule has 4 nitrogen and oxygen atoms in total. The molecule has 1 amide bonds. The number of carbonyl (C=O) groups is 1. The van der Waals surface area contributed by atoms with Crippen molar-refractivity contribution in [1.29, 1.82) is 0 Å². The Morgan fingerprint density at radius 3 is 2.00 bits per heavy atom. The summed E-state index contributed by atoms with van der Waals surface area (Å²) in [6, 6.07) is 26.6. The van der Waals surface area contributed by atoms with E-state index in [0.29, 0.717) is 19.4 Å². The predicted molar refractivity (Wildman–Crippen MR) is 133 cm³/mol. The minimum Gasteiger partial charge on any atom is -0.448 e. The van der Waals surface area contributed by atoms with Gasteiger partial charge >= 0.3 is 6.09 Å². The molecule has 0 aromatic heterocycles. The first-order valence-electron chi connectivity index (χ1n) is 12.2. The molecule has 3 aromatic rings. The number of fused-ring (bicyclic) bond motifs is 5. The first-order valence-corrected chi connectivity index (χ1v) is 12.2. The highest BCUT2D eigenvalue weighted by Crippen LogP contribution is 2.47. The Balaban J connectivity index is 1.17. The fourth-order valence-electron chi connectivity index (χ4n) is 6.35. The quantitative estimate of drug-likeness (QED) is 0.529. The van der Waals surface area contributed by atoms with Crippen LogP contribution in [0, 0.1) is 0 Å². The second-order valence-corrected chi connectivity index (χ2v) is 9.88. The summed E-state index contributed by atoms with van der Waals surface area (Å²) in [6.45, 7) is 4.56. The number of carbonyl (C=O) groups excluding carboxylic acids is 1. The zero-order chi connectivity index (χ0) is 23.3. The Morgan fingerprint density at radius 1 is 0.882 bits per heavy atom. The van der Waals surface area contributed by atoms with Crippen LogP contribution in [0.25, 0.3) is 16.7 Å². The molecule has 34 heavy (non-hydrogen) atoms. The van der Waals surface area contributed by atoms with E-state index in [9.17, 15) is 9.90 Å². The summed E-state index contributed by atoms with van der Waals surface area (Å²) in [5.74, 6) is 0.0496. The van der Waals surface area contributed by atoms with Gasteiger partial charge in [0, 0.05) is 30.8 Å². The first-order chi connectivity index (χ1) is 16.5. The lowest BCUT2D eigenvalue weighted by Crippen LogP contribution is -2.53. The molecule has 3 aromatic carbocycles. The van der Waals surface area contributed by atoms with Gasteiger partial charge in [-0.15, -0.1) is 0 Å². The maximum atomic E-state index is 13.3. The smallest absolute Gasteiger partial charge is 0.410 e. The van der Waals surface area contributed by atoms with E-state index in [2.05, 4.69) is 43.0 Å². The molecule has 2 unspecified atom stereocenters. The van der Waals surface area contributed by atoms with Gasteiger partial charge in [0.1, 0.15) is 6.61 Å². The third-order valence-corrected chi connectivity index (χ3v) is 8.00. The molecule has 0 radical (unpaired) electrons. The molecule has 0 saturated carbocycles. The normalized spacial score (nSPS) is 25.0. The van der Waals surface area contributed by atoms with Crippen molar-refractivity contribution in [3.05, 3.63) is 102 Å². The third kappa shape index (κ3) is 3.36. The standard InChI is InChI=1S/C30H29NO3/c1-20(21-9-3-2-4-10-21)30(33)17-22-15-16-23(18-30)31(22)29(32)34-19-28-26-13-7-5-11-24(26)25-12-6-8-14-27(25)28/h2-14,22-23,28,33H,1,15-19H2. The Kier molecular flexibility index (Phi) is 5.07. The van der Waals surface area contributed by atoms with Gasteiger partial charge in [0.15, 0.2) is 0 Å². The van der Waals surface area contributed by atoms with Gasteiger partial charge in [-0.1, -0.05) is 85.4 Å². The van der Waals surface area contributed by atoms with E-state index < -0.39 is 5.60 Å². The van der Waals surface area contributed by atoms with Crippen LogP contribution >= 0.6 is 0 Å². The van der Waals surface area contributed by atoms with Crippen LogP contribution in [0.5, 0.6) is 0 Å². The molecule has 3 aliphatic rings. The van der Waals surface area contributed by atoms with Gasteiger partial charge in [-0.3, -0.25) is 0 Å². The van der Waals surface area contributed by atoms with Crippen molar-refractivity contribution in [2.75, 3.05) is 6.61 Å². The van der Waals surface area contributed by atoms with E-state index in [-0.39, 0.29) is 24.1 Å². The van der Waals surface area contributed by atoms with Crippen molar-refractivity contribution in [2.45, 2.75) is 49.3 Å². The summed E-state index contributed by atoms with van der Waals surface area (Å²) in [5, 5.41) is 11.5. The second-order valence-electron chi connectivity index (χ2n) is 9.88. The number of hydrogen-bond donors (Lipinski definition) is 1. The van der Waals surface area contributed by atoms with Gasteiger partial charge in [-0.25, -0.2) is 4.79 Å². The van der Waals surface area contributed by atoms with E-state index >= 15 is 0 Å². The van der Waals surface area contributed by atoms with Crippen LogP contribution in [0.3, 0.4) is 0 Å². The highest BCUT2D eigenvalue weighted by atomic mass is 16.6. The van der Waals surface area contributed by atoms with Crippen molar-refractivity contribution in [1.82, 2.24) is 4.90 Å². The molecule has 2 aliphatic heterocycles. The van der Waals surface area contributed by atoms with Crippen molar-refractivity contribution in [3.63, 3.8) is 0 Å². The maximum absolute atomic E-state index is 13.3. The molecule has 1 aliphatic carbocycles.